The van der Waals surface area contributed by atoms with Gasteiger partial charge in [0, 0.05) is 0 Å². The van der Waals surface area contributed by atoms with Crippen LogP contribution >= 0.6 is 11.3 Å². The molecule has 0 aliphatic carbocycles. The molecule has 0 saturated carbocycles. The summed E-state index contributed by atoms with van der Waals surface area (Å²) < 4.78 is 5.82. The van der Waals surface area contributed by atoms with Crippen LogP contribution in [0.3, 0.4) is 0 Å². The lowest BCUT2D eigenvalue weighted by Crippen LogP contribution is -2.05. The van der Waals surface area contributed by atoms with Gasteiger partial charge in [0.25, 0.3) is 0 Å². The van der Waals surface area contributed by atoms with Gasteiger partial charge in [0.2, 0.25) is 0 Å². The molecule has 0 atom stereocenters. The fourth-order valence-electron chi connectivity index (χ4n) is 2.07. The summed E-state index contributed by atoms with van der Waals surface area (Å²) in [6.45, 7) is 2.43. The van der Waals surface area contributed by atoms with E-state index in [0.29, 0.717) is 18.2 Å². The van der Waals surface area contributed by atoms with Gasteiger partial charge in [-0.15, -0.1) is 11.3 Å². The van der Waals surface area contributed by atoms with E-state index in [4.69, 9.17) is 10.5 Å². The zero-order chi connectivity index (χ0) is 13.9. The van der Waals surface area contributed by atoms with Crippen molar-refractivity contribution < 1.29 is 4.74 Å². The van der Waals surface area contributed by atoms with Crippen LogP contribution in [0.1, 0.15) is 18.3 Å². The van der Waals surface area contributed by atoms with Crippen molar-refractivity contribution in [3.63, 3.8) is 0 Å². The van der Waals surface area contributed by atoms with Crippen LogP contribution in [0, 0.1) is 0 Å². The molecule has 0 radical (unpaired) electrons. The molecule has 2 heterocycles. The second-order valence-electron chi connectivity index (χ2n) is 4.41. The number of nitrogen functional groups attached to an aromatic ring is 1. The lowest BCUT2D eigenvalue weighted by molar-refractivity contribution is 0.294. The van der Waals surface area contributed by atoms with Crippen LogP contribution in [0.2, 0.25) is 0 Å². The zero-order valence-corrected chi connectivity index (χ0v) is 12.0. The van der Waals surface area contributed by atoms with Crippen molar-refractivity contribution in [3.8, 4) is 5.75 Å². The van der Waals surface area contributed by atoms with E-state index < -0.39 is 0 Å². The van der Waals surface area contributed by atoms with Crippen molar-refractivity contribution in [3.05, 3.63) is 47.1 Å². The molecule has 0 fully saturated rings. The van der Waals surface area contributed by atoms with E-state index in [1.165, 1.54) is 5.56 Å². The molecular formula is C15H15N3OS. The first kappa shape index (κ1) is 12.9. The number of benzene rings is 1. The van der Waals surface area contributed by atoms with Gasteiger partial charge in [-0.2, -0.15) is 0 Å². The number of thiophene rings is 1. The molecule has 0 aliphatic rings. The minimum absolute atomic E-state index is 0.328. The third-order valence-corrected chi connectivity index (χ3v) is 3.92. The van der Waals surface area contributed by atoms with E-state index in [1.807, 2.05) is 29.6 Å². The number of ether oxygens (including phenoxy) is 1. The second kappa shape index (κ2) is 5.46. The number of fused-ring (bicyclic) bond motifs is 1. The predicted octanol–water partition coefficient (Wildman–Crippen LogP) is 3.41. The Morgan fingerprint density at radius 3 is 2.90 bits per heavy atom. The highest BCUT2D eigenvalue weighted by molar-refractivity contribution is 7.16. The van der Waals surface area contributed by atoms with Crippen molar-refractivity contribution in [2.75, 3.05) is 5.73 Å². The molecule has 3 rings (SSSR count). The normalized spacial score (nSPS) is 10.8. The van der Waals surface area contributed by atoms with E-state index in [1.54, 1.807) is 11.3 Å². The summed E-state index contributed by atoms with van der Waals surface area (Å²) in [5.41, 5.74) is 7.10. The highest BCUT2D eigenvalue weighted by atomic mass is 32.1. The Balaban J connectivity index is 1.83. The highest BCUT2D eigenvalue weighted by Crippen LogP contribution is 2.24. The van der Waals surface area contributed by atoms with Crippen molar-refractivity contribution in [1.29, 1.82) is 0 Å². The van der Waals surface area contributed by atoms with Gasteiger partial charge in [0.05, 0.1) is 5.39 Å². The van der Waals surface area contributed by atoms with Crippen molar-refractivity contribution in [1.82, 2.24) is 9.97 Å². The zero-order valence-electron chi connectivity index (χ0n) is 11.2. The van der Waals surface area contributed by atoms with Crippen LogP contribution in [-0.2, 0) is 13.0 Å². The predicted molar refractivity (Wildman–Crippen MR) is 82.0 cm³/mol. The highest BCUT2D eigenvalue weighted by Gasteiger charge is 2.08. The summed E-state index contributed by atoms with van der Waals surface area (Å²) in [5.74, 6) is 2.01. The largest absolute Gasteiger partial charge is 0.485 e. The fraction of sp³-hybridized carbons (Fsp3) is 0.200. The van der Waals surface area contributed by atoms with E-state index >= 15 is 0 Å². The van der Waals surface area contributed by atoms with Gasteiger partial charge in [-0.05, 0) is 29.5 Å². The number of nitrogens with zero attached hydrogens (tertiary/aromatic N) is 2. The van der Waals surface area contributed by atoms with Crippen LogP contribution in [0.4, 0.5) is 5.82 Å². The first-order valence-corrected chi connectivity index (χ1v) is 7.36. The smallest absolute Gasteiger partial charge is 0.169 e. The molecule has 0 amide bonds. The van der Waals surface area contributed by atoms with Crippen LogP contribution in [0.5, 0.6) is 5.75 Å². The average molecular weight is 285 g/mol. The summed E-state index contributed by atoms with van der Waals surface area (Å²) >= 11 is 1.56. The molecule has 20 heavy (non-hydrogen) atoms. The maximum Gasteiger partial charge on any atom is 0.169 e. The molecule has 0 aliphatic heterocycles. The minimum atomic E-state index is 0.328. The van der Waals surface area contributed by atoms with Crippen LogP contribution in [-0.4, -0.2) is 9.97 Å². The Hall–Kier alpha value is -2.14. The number of hydrogen-bond donors (Lipinski definition) is 1. The SMILES string of the molecule is CCc1ccccc1OCc1nc(N)c2ccsc2n1. The maximum absolute atomic E-state index is 5.93. The second-order valence-corrected chi connectivity index (χ2v) is 5.31. The Morgan fingerprint density at radius 2 is 2.05 bits per heavy atom. The van der Waals surface area contributed by atoms with Crippen molar-refractivity contribution >= 4 is 27.4 Å². The summed E-state index contributed by atoms with van der Waals surface area (Å²) in [7, 11) is 0. The number of aryl methyl sites for hydroxylation is 1. The lowest BCUT2D eigenvalue weighted by Gasteiger charge is -2.09. The Kier molecular flexibility index (Phi) is 3.52. The van der Waals surface area contributed by atoms with Gasteiger partial charge in [0.15, 0.2) is 5.82 Å². The molecule has 2 N–H and O–H groups in total. The molecule has 0 spiro atoms. The van der Waals surface area contributed by atoms with Gasteiger partial charge in [-0.25, -0.2) is 9.97 Å². The molecular weight excluding hydrogens is 270 g/mol. The van der Waals surface area contributed by atoms with Gasteiger partial charge in [-0.3, -0.25) is 0 Å². The molecule has 4 nitrogen and oxygen atoms in total. The number of aromatic nitrogens is 2. The summed E-state index contributed by atoms with van der Waals surface area (Å²) in [6.07, 6.45) is 0.934. The third kappa shape index (κ3) is 2.44. The molecule has 0 unspecified atom stereocenters. The topological polar surface area (TPSA) is 61.0 Å². The maximum atomic E-state index is 5.93. The van der Waals surface area contributed by atoms with E-state index in [0.717, 1.165) is 22.4 Å². The first-order valence-electron chi connectivity index (χ1n) is 6.48. The lowest BCUT2D eigenvalue weighted by atomic mass is 10.1. The molecule has 5 heteroatoms. The van der Waals surface area contributed by atoms with Crippen LogP contribution < -0.4 is 10.5 Å². The first-order chi connectivity index (χ1) is 9.78. The van der Waals surface area contributed by atoms with Gasteiger partial charge in [-0.1, -0.05) is 25.1 Å². The number of para-hydroxylation sites is 1. The molecule has 1 aromatic carbocycles. The standard InChI is InChI=1S/C15H15N3OS/c1-2-10-5-3-4-6-12(10)19-9-13-17-14(16)11-7-8-20-15(11)18-13/h3-8H,2,9H2,1H3,(H2,16,17,18). The van der Waals surface area contributed by atoms with Crippen molar-refractivity contribution in [2.24, 2.45) is 0 Å². The third-order valence-electron chi connectivity index (χ3n) is 3.11. The van der Waals surface area contributed by atoms with Gasteiger partial charge in [0.1, 0.15) is 23.0 Å². The number of nitrogens with two attached hydrogens (primary N) is 1. The summed E-state index contributed by atoms with van der Waals surface area (Å²) in [4.78, 5) is 9.66. The Morgan fingerprint density at radius 1 is 1.20 bits per heavy atom. The Labute approximate surface area is 121 Å². The van der Waals surface area contributed by atoms with Gasteiger partial charge < -0.3 is 10.5 Å². The molecule has 0 saturated heterocycles. The quantitative estimate of drug-likeness (QED) is 0.798. The fourth-order valence-corrected chi connectivity index (χ4v) is 2.86. The molecule has 2 aromatic heterocycles. The van der Waals surface area contributed by atoms with Crippen LogP contribution in [0.15, 0.2) is 35.7 Å². The average Bonchev–Trinajstić information content (AvgIpc) is 2.94. The van der Waals surface area contributed by atoms with E-state index in [-0.39, 0.29) is 0 Å². The van der Waals surface area contributed by atoms with E-state index in [9.17, 15) is 0 Å². The molecule has 0 bridgehead atoms. The van der Waals surface area contributed by atoms with E-state index in [2.05, 4.69) is 23.0 Å². The minimum Gasteiger partial charge on any atom is -0.485 e. The Bertz CT molecular complexity index is 739. The number of rotatable bonds is 4. The van der Waals surface area contributed by atoms with Crippen LogP contribution in [0.25, 0.3) is 10.2 Å². The van der Waals surface area contributed by atoms with Crippen molar-refractivity contribution in [2.45, 2.75) is 20.0 Å². The monoisotopic (exact) mass is 285 g/mol. The number of anilines is 1. The molecule has 102 valence electrons. The molecule has 3 aromatic rings. The summed E-state index contributed by atoms with van der Waals surface area (Å²) in [5, 5.41) is 2.87. The number of hydrogen-bond acceptors (Lipinski definition) is 5. The van der Waals surface area contributed by atoms with Gasteiger partial charge >= 0.3 is 0 Å². The summed E-state index contributed by atoms with van der Waals surface area (Å²) in [6, 6.07) is 9.94.